The fourth-order valence-electron chi connectivity index (χ4n) is 4.72. The molecule has 0 bridgehead atoms. The van der Waals surface area contributed by atoms with Gasteiger partial charge < -0.3 is 29.0 Å². The lowest BCUT2D eigenvalue weighted by Crippen LogP contribution is -2.29. The van der Waals surface area contributed by atoms with E-state index in [1.54, 1.807) is 74.9 Å². The molecule has 0 radical (unpaired) electrons. The molecule has 1 N–H and O–H groups in total. The third kappa shape index (κ3) is 5.55. The number of rotatable bonds is 9. The van der Waals surface area contributed by atoms with E-state index in [0.717, 1.165) is 11.1 Å². The minimum absolute atomic E-state index is 0.00524. The minimum atomic E-state index is -0.847. The van der Waals surface area contributed by atoms with Crippen LogP contribution in [0, 0.1) is 6.92 Å². The van der Waals surface area contributed by atoms with E-state index in [1.165, 1.54) is 12.0 Å². The van der Waals surface area contributed by atoms with Crippen LogP contribution >= 0.6 is 0 Å². The van der Waals surface area contributed by atoms with Gasteiger partial charge in [-0.2, -0.15) is 0 Å². The average molecular weight is 532 g/mol. The van der Waals surface area contributed by atoms with Crippen LogP contribution < -0.4 is 18.9 Å². The van der Waals surface area contributed by atoms with E-state index in [1.807, 2.05) is 20.8 Å². The molecule has 0 saturated carbocycles. The quantitative estimate of drug-likeness (QED) is 0.224. The Labute approximate surface area is 228 Å². The maximum absolute atomic E-state index is 13.5. The summed E-state index contributed by atoms with van der Waals surface area (Å²) in [6, 6.07) is 16.8. The van der Waals surface area contributed by atoms with Crippen molar-refractivity contribution in [3.05, 3.63) is 88.5 Å². The molecule has 1 atom stereocenters. The summed E-state index contributed by atoms with van der Waals surface area (Å²) in [6.07, 6.45) is -0.0156. The van der Waals surface area contributed by atoms with Crippen molar-refractivity contribution in [3.8, 4) is 23.0 Å². The highest BCUT2D eigenvalue weighted by Crippen LogP contribution is 2.42. The summed E-state index contributed by atoms with van der Waals surface area (Å²) in [5.74, 6) is 0.568. The monoisotopic (exact) mass is 531 g/mol. The van der Waals surface area contributed by atoms with Gasteiger partial charge >= 0.3 is 0 Å². The normalized spacial score (nSPS) is 16.5. The van der Waals surface area contributed by atoms with Crippen molar-refractivity contribution in [3.63, 3.8) is 0 Å². The second-order valence-corrected chi connectivity index (χ2v) is 9.54. The summed E-state index contributed by atoms with van der Waals surface area (Å²) in [6.45, 7) is 5.83. The number of nitrogens with zero attached hydrogens (tertiary/aromatic N) is 1. The zero-order valence-electron chi connectivity index (χ0n) is 23.0. The fraction of sp³-hybridized carbons (Fsp3) is 0.290. The van der Waals surface area contributed by atoms with Crippen LogP contribution in [0.25, 0.3) is 5.76 Å². The van der Waals surface area contributed by atoms with Crippen LogP contribution in [-0.4, -0.2) is 49.1 Å². The first-order chi connectivity index (χ1) is 18.7. The molecule has 1 aliphatic heterocycles. The molecule has 1 fully saturated rings. The predicted molar refractivity (Wildman–Crippen MR) is 147 cm³/mol. The van der Waals surface area contributed by atoms with Crippen LogP contribution in [0.5, 0.6) is 23.0 Å². The Morgan fingerprint density at radius 3 is 2.26 bits per heavy atom. The fourth-order valence-corrected chi connectivity index (χ4v) is 4.72. The van der Waals surface area contributed by atoms with Gasteiger partial charge in [0.15, 0.2) is 11.5 Å². The zero-order valence-corrected chi connectivity index (χ0v) is 23.0. The summed E-state index contributed by atoms with van der Waals surface area (Å²) >= 11 is 0. The number of carbonyl (C=O) groups excluding carboxylic acids is 2. The van der Waals surface area contributed by atoms with Crippen LogP contribution in [0.15, 0.2) is 66.2 Å². The Kier molecular flexibility index (Phi) is 8.14. The predicted octanol–water partition coefficient (Wildman–Crippen LogP) is 5.43. The van der Waals surface area contributed by atoms with E-state index < -0.39 is 17.7 Å². The Balaban J connectivity index is 1.84. The van der Waals surface area contributed by atoms with Gasteiger partial charge in [-0.1, -0.05) is 18.2 Å². The molecule has 3 aromatic rings. The number of hydrogen-bond acceptors (Lipinski definition) is 7. The highest BCUT2D eigenvalue weighted by molar-refractivity contribution is 6.46. The minimum Gasteiger partial charge on any atom is -0.507 e. The van der Waals surface area contributed by atoms with E-state index in [-0.39, 0.29) is 24.0 Å². The Hall–Kier alpha value is -4.46. The third-order valence-corrected chi connectivity index (χ3v) is 6.56. The smallest absolute Gasteiger partial charge is 0.295 e. The van der Waals surface area contributed by atoms with Gasteiger partial charge in [0.05, 0.1) is 39.0 Å². The summed E-state index contributed by atoms with van der Waals surface area (Å²) < 4.78 is 22.0. The van der Waals surface area contributed by atoms with E-state index in [9.17, 15) is 14.7 Å². The topological polar surface area (TPSA) is 94.5 Å². The van der Waals surface area contributed by atoms with Gasteiger partial charge in [-0.05, 0) is 79.9 Å². The summed E-state index contributed by atoms with van der Waals surface area (Å²) in [7, 11) is 4.62. The van der Waals surface area contributed by atoms with Gasteiger partial charge in [0.25, 0.3) is 11.7 Å². The van der Waals surface area contributed by atoms with Crippen molar-refractivity contribution in [1.29, 1.82) is 0 Å². The lowest BCUT2D eigenvalue weighted by molar-refractivity contribution is -0.140. The van der Waals surface area contributed by atoms with Gasteiger partial charge in [-0.25, -0.2) is 0 Å². The second kappa shape index (κ2) is 11.5. The number of methoxy groups -OCH3 is 3. The van der Waals surface area contributed by atoms with Crippen LogP contribution in [0.3, 0.4) is 0 Å². The largest absolute Gasteiger partial charge is 0.507 e. The number of amides is 1. The summed E-state index contributed by atoms with van der Waals surface area (Å²) in [4.78, 5) is 28.4. The maximum Gasteiger partial charge on any atom is 0.295 e. The molecular weight excluding hydrogens is 498 g/mol. The molecular formula is C31H33NO7. The Morgan fingerprint density at radius 2 is 1.62 bits per heavy atom. The highest BCUT2D eigenvalue weighted by atomic mass is 16.5. The van der Waals surface area contributed by atoms with E-state index in [2.05, 4.69) is 0 Å². The molecule has 1 unspecified atom stereocenters. The van der Waals surface area contributed by atoms with E-state index in [4.69, 9.17) is 18.9 Å². The first kappa shape index (κ1) is 27.6. The van der Waals surface area contributed by atoms with Crippen LogP contribution in [-0.2, 0) is 16.1 Å². The molecule has 1 amide bonds. The van der Waals surface area contributed by atoms with Crippen molar-refractivity contribution in [1.82, 2.24) is 4.90 Å². The molecule has 4 rings (SSSR count). The SMILES string of the molecule is COc1cccc(C2/C(=C(\O)c3ccc(OC(C)C)c(C)c3)C(=O)C(=O)N2Cc2ccc(OC)c(OC)c2)c1. The van der Waals surface area contributed by atoms with Crippen molar-refractivity contribution in [2.75, 3.05) is 21.3 Å². The number of aliphatic hydroxyl groups excluding tert-OH is 1. The number of benzene rings is 3. The van der Waals surface area contributed by atoms with Gasteiger partial charge in [0.1, 0.15) is 17.3 Å². The first-order valence-corrected chi connectivity index (χ1v) is 12.6. The number of ketones is 1. The molecule has 8 nitrogen and oxygen atoms in total. The summed E-state index contributed by atoms with van der Waals surface area (Å²) in [5, 5.41) is 11.5. The highest BCUT2D eigenvalue weighted by Gasteiger charge is 2.46. The van der Waals surface area contributed by atoms with Crippen molar-refractivity contribution >= 4 is 17.4 Å². The molecule has 1 saturated heterocycles. The number of carbonyl (C=O) groups is 2. The molecule has 0 aromatic heterocycles. The number of aryl methyl sites for hydroxylation is 1. The molecule has 1 heterocycles. The first-order valence-electron chi connectivity index (χ1n) is 12.6. The number of Topliss-reactive ketones (excluding diaryl/α,β-unsaturated/α-hetero) is 1. The van der Waals surface area contributed by atoms with Gasteiger partial charge in [0.2, 0.25) is 0 Å². The number of likely N-dealkylation sites (tertiary alicyclic amines) is 1. The molecule has 0 spiro atoms. The summed E-state index contributed by atoms with van der Waals surface area (Å²) in [5.41, 5.74) is 2.58. The maximum atomic E-state index is 13.5. The van der Waals surface area contributed by atoms with Crippen molar-refractivity contribution < 1.29 is 33.6 Å². The molecule has 1 aliphatic rings. The number of aliphatic hydroxyl groups is 1. The lowest BCUT2D eigenvalue weighted by Gasteiger charge is -2.26. The molecule has 204 valence electrons. The van der Waals surface area contributed by atoms with Crippen molar-refractivity contribution in [2.24, 2.45) is 0 Å². The van der Waals surface area contributed by atoms with E-state index >= 15 is 0 Å². The number of ether oxygens (including phenoxy) is 4. The molecule has 8 heteroatoms. The average Bonchev–Trinajstić information content (AvgIpc) is 3.18. The third-order valence-electron chi connectivity index (χ3n) is 6.56. The van der Waals surface area contributed by atoms with Crippen LogP contribution in [0.4, 0.5) is 0 Å². The Bertz CT molecular complexity index is 1430. The number of hydrogen-bond donors (Lipinski definition) is 1. The zero-order chi connectivity index (χ0) is 28.3. The molecule has 39 heavy (non-hydrogen) atoms. The van der Waals surface area contributed by atoms with Crippen LogP contribution in [0.1, 0.15) is 42.1 Å². The van der Waals surface area contributed by atoms with Gasteiger partial charge in [-0.3, -0.25) is 9.59 Å². The molecule has 0 aliphatic carbocycles. The second-order valence-electron chi connectivity index (χ2n) is 9.54. The van der Waals surface area contributed by atoms with Gasteiger partial charge in [-0.15, -0.1) is 0 Å². The Morgan fingerprint density at radius 1 is 0.897 bits per heavy atom. The van der Waals surface area contributed by atoms with Gasteiger partial charge in [0, 0.05) is 12.1 Å². The van der Waals surface area contributed by atoms with Crippen molar-refractivity contribution in [2.45, 2.75) is 39.5 Å². The molecule has 3 aromatic carbocycles. The van der Waals surface area contributed by atoms with Crippen LogP contribution in [0.2, 0.25) is 0 Å². The van der Waals surface area contributed by atoms with E-state index in [0.29, 0.717) is 34.1 Å². The lowest BCUT2D eigenvalue weighted by atomic mass is 9.94. The standard InChI is InChI=1S/C31H33NO7/c1-18(2)39-24-13-11-22(14-19(24)3)29(33)27-28(21-8-7-9-23(16-21)36-4)32(31(35)30(27)34)17-20-10-12-25(37-5)26(15-20)38-6/h7-16,18,28,33H,17H2,1-6H3/b29-27+.